The molecule has 0 spiro atoms. The fourth-order valence-corrected chi connectivity index (χ4v) is 1.12. The summed E-state index contributed by atoms with van der Waals surface area (Å²) >= 11 is 0. The van der Waals surface area contributed by atoms with Crippen molar-refractivity contribution in [2.24, 2.45) is 0 Å². The Morgan fingerprint density at radius 1 is 1.07 bits per heavy atom. The van der Waals surface area contributed by atoms with Crippen molar-refractivity contribution >= 4 is 0 Å². The number of hydrogen-bond acceptors (Lipinski definition) is 4. The molecule has 0 saturated heterocycles. The summed E-state index contributed by atoms with van der Waals surface area (Å²) in [6.45, 7) is 0. The van der Waals surface area contributed by atoms with E-state index in [-0.39, 0.29) is 0 Å². The molecule has 2 heterocycles. The van der Waals surface area contributed by atoms with Gasteiger partial charge < -0.3 is 4.74 Å². The summed E-state index contributed by atoms with van der Waals surface area (Å²) < 4.78 is 4.94. The molecular formula is C10H9N3O. The van der Waals surface area contributed by atoms with Gasteiger partial charge in [-0.05, 0) is 18.2 Å². The Hall–Kier alpha value is -1.97. The van der Waals surface area contributed by atoms with E-state index in [0.29, 0.717) is 6.01 Å². The molecule has 4 heteroatoms. The van der Waals surface area contributed by atoms with Gasteiger partial charge in [-0.3, -0.25) is 4.98 Å². The third-order valence-corrected chi connectivity index (χ3v) is 1.79. The monoisotopic (exact) mass is 187 g/mol. The van der Waals surface area contributed by atoms with Crippen LogP contribution in [0.2, 0.25) is 0 Å². The van der Waals surface area contributed by atoms with E-state index in [1.807, 2.05) is 18.2 Å². The second-order valence-electron chi connectivity index (χ2n) is 2.66. The van der Waals surface area contributed by atoms with Crippen molar-refractivity contribution in [2.75, 3.05) is 7.11 Å². The highest BCUT2D eigenvalue weighted by atomic mass is 16.5. The number of aromatic nitrogens is 3. The lowest BCUT2D eigenvalue weighted by Gasteiger charge is -2.01. The summed E-state index contributed by atoms with van der Waals surface area (Å²) in [5.41, 5.74) is 1.83. The summed E-state index contributed by atoms with van der Waals surface area (Å²) in [6, 6.07) is 5.99. The molecule has 0 aliphatic rings. The predicted molar refractivity (Wildman–Crippen MR) is 51.8 cm³/mol. The van der Waals surface area contributed by atoms with Gasteiger partial charge in [0.2, 0.25) is 0 Å². The molecule has 70 valence electrons. The summed E-state index contributed by atoms with van der Waals surface area (Å²) in [5.74, 6) is 0. The van der Waals surface area contributed by atoms with Gasteiger partial charge in [0.25, 0.3) is 0 Å². The van der Waals surface area contributed by atoms with E-state index in [0.717, 1.165) is 11.3 Å². The van der Waals surface area contributed by atoms with E-state index in [1.54, 1.807) is 25.7 Å². The van der Waals surface area contributed by atoms with Crippen molar-refractivity contribution in [1.29, 1.82) is 0 Å². The van der Waals surface area contributed by atoms with E-state index in [2.05, 4.69) is 15.0 Å². The van der Waals surface area contributed by atoms with Crippen LogP contribution in [0, 0.1) is 0 Å². The van der Waals surface area contributed by atoms with Gasteiger partial charge in [-0.15, -0.1) is 0 Å². The minimum Gasteiger partial charge on any atom is -0.467 e. The van der Waals surface area contributed by atoms with Crippen LogP contribution in [-0.2, 0) is 0 Å². The third-order valence-electron chi connectivity index (χ3n) is 1.79. The van der Waals surface area contributed by atoms with Gasteiger partial charge in [0.15, 0.2) is 0 Å². The number of ether oxygens (including phenoxy) is 1. The Kier molecular flexibility index (Phi) is 2.36. The first-order chi connectivity index (χ1) is 6.90. The fraction of sp³-hybridized carbons (Fsp3) is 0.100. The quantitative estimate of drug-likeness (QED) is 0.715. The van der Waals surface area contributed by atoms with E-state index < -0.39 is 0 Å². The normalized spacial score (nSPS) is 9.79. The standard InChI is InChI=1S/C10H9N3O/c1-14-10-12-7-4-9(13-10)8-2-5-11-6-3-8/h2-7H,1H3. The van der Waals surface area contributed by atoms with Crippen LogP contribution in [0.1, 0.15) is 0 Å². The van der Waals surface area contributed by atoms with Gasteiger partial charge in [-0.1, -0.05) is 0 Å². The lowest BCUT2D eigenvalue weighted by molar-refractivity contribution is 0.380. The van der Waals surface area contributed by atoms with Crippen LogP contribution in [0.25, 0.3) is 11.3 Å². The van der Waals surface area contributed by atoms with Gasteiger partial charge in [-0.2, -0.15) is 4.98 Å². The van der Waals surface area contributed by atoms with Crippen LogP contribution < -0.4 is 4.74 Å². The first-order valence-corrected chi connectivity index (χ1v) is 4.17. The Morgan fingerprint density at radius 2 is 1.86 bits per heavy atom. The molecule has 0 aliphatic heterocycles. The van der Waals surface area contributed by atoms with E-state index in [1.165, 1.54) is 0 Å². The second kappa shape index (κ2) is 3.83. The van der Waals surface area contributed by atoms with Crippen molar-refractivity contribution in [2.45, 2.75) is 0 Å². The molecule has 0 unspecified atom stereocenters. The molecule has 0 N–H and O–H groups in total. The number of pyridine rings is 1. The molecule has 0 amide bonds. The average Bonchev–Trinajstić information content (AvgIpc) is 2.30. The first-order valence-electron chi connectivity index (χ1n) is 4.17. The van der Waals surface area contributed by atoms with Crippen molar-refractivity contribution in [1.82, 2.24) is 15.0 Å². The van der Waals surface area contributed by atoms with Crippen LogP contribution >= 0.6 is 0 Å². The Labute approximate surface area is 81.6 Å². The molecule has 14 heavy (non-hydrogen) atoms. The SMILES string of the molecule is COc1nccc(-c2ccncc2)n1. The molecule has 0 saturated carbocycles. The van der Waals surface area contributed by atoms with Gasteiger partial charge in [-0.25, -0.2) is 4.98 Å². The van der Waals surface area contributed by atoms with E-state index in [9.17, 15) is 0 Å². The lowest BCUT2D eigenvalue weighted by Crippen LogP contribution is -1.92. The Morgan fingerprint density at radius 3 is 2.57 bits per heavy atom. The van der Waals surface area contributed by atoms with Crippen LogP contribution in [-0.4, -0.2) is 22.1 Å². The van der Waals surface area contributed by atoms with Gasteiger partial charge in [0, 0.05) is 24.2 Å². The molecule has 0 fully saturated rings. The average molecular weight is 187 g/mol. The molecule has 2 aromatic heterocycles. The second-order valence-corrected chi connectivity index (χ2v) is 2.66. The Balaban J connectivity index is 2.42. The molecule has 0 aliphatic carbocycles. The maximum Gasteiger partial charge on any atom is 0.316 e. The van der Waals surface area contributed by atoms with Crippen LogP contribution in [0.5, 0.6) is 6.01 Å². The summed E-state index contributed by atoms with van der Waals surface area (Å²) in [4.78, 5) is 12.1. The number of methoxy groups -OCH3 is 1. The molecule has 2 rings (SSSR count). The minimum absolute atomic E-state index is 0.374. The van der Waals surface area contributed by atoms with Gasteiger partial charge >= 0.3 is 6.01 Å². The van der Waals surface area contributed by atoms with Crippen molar-refractivity contribution in [3.8, 4) is 17.3 Å². The zero-order valence-electron chi connectivity index (χ0n) is 7.71. The first kappa shape index (κ1) is 8.62. The highest BCUT2D eigenvalue weighted by Gasteiger charge is 2.00. The number of hydrogen-bond donors (Lipinski definition) is 0. The van der Waals surface area contributed by atoms with Crippen LogP contribution in [0.15, 0.2) is 36.8 Å². The molecule has 2 aromatic rings. The smallest absolute Gasteiger partial charge is 0.316 e. The van der Waals surface area contributed by atoms with Crippen molar-refractivity contribution in [3.63, 3.8) is 0 Å². The Bertz CT molecular complexity index is 417. The summed E-state index contributed by atoms with van der Waals surface area (Å²) in [5, 5.41) is 0. The molecule has 0 bridgehead atoms. The van der Waals surface area contributed by atoms with Crippen LogP contribution in [0.3, 0.4) is 0 Å². The summed E-state index contributed by atoms with van der Waals surface area (Å²) in [7, 11) is 1.55. The van der Waals surface area contributed by atoms with Gasteiger partial charge in [0.1, 0.15) is 0 Å². The minimum atomic E-state index is 0.374. The zero-order chi connectivity index (χ0) is 9.80. The van der Waals surface area contributed by atoms with E-state index in [4.69, 9.17) is 4.74 Å². The molecule has 0 atom stereocenters. The third kappa shape index (κ3) is 1.69. The topological polar surface area (TPSA) is 47.9 Å². The molecular weight excluding hydrogens is 178 g/mol. The highest BCUT2D eigenvalue weighted by Crippen LogP contribution is 2.16. The number of rotatable bonds is 2. The maximum atomic E-state index is 4.94. The van der Waals surface area contributed by atoms with Crippen LogP contribution in [0.4, 0.5) is 0 Å². The van der Waals surface area contributed by atoms with Crippen molar-refractivity contribution < 1.29 is 4.74 Å². The van der Waals surface area contributed by atoms with E-state index >= 15 is 0 Å². The molecule has 0 radical (unpaired) electrons. The molecule has 4 nitrogen and oxygen atoms in total. The predicted octanol–water partition coefficient (Wildman–Crippen LogP) is 1.55. The maximum absolute atomic E-state index is 4.94. The molecule has 0 aromatic carbocycles. The fourth-order valence-electron chi connectivity index (χ4n) is 1.12. The van der Waals surface area contributed by atoms with Gasteiger partial charge in [0.05, 0.1) is 12.8 Å². The summed E-state index contributed by atoms with van der Waals surface area (Å²) in [6.07, 6.45) is 5.12. The lowest BCUT2D eigenvalue weighted by atomic mass is 10.2. The zero-order valence-corrected chi connectivity index (χ0v) is 7.71. The highest BCUT2D eigenvalue weighted by molar-refractivity contribution is 5.57. The number of nitrogens with zero attached hydrogens (tertiary/aromatic N) is 3. The van der Waals surface area contributed by atoms with Crippen molar-refractivity contribution in [3.05, 3.63) is 36.8 Å². The largest absolute Gasteiger partial charge is 0.467 e.